The molecular weight excluding hydrogens is 202 g/mol. The maximum absolute atomic E-state index is 12.0. The van der Waals surface area contributed by atoms with Crippen LogP contribution in [0.2, 0.25) is 0 Å². The minimum Gasteiger partial charge on any atom is -0.273 e. The number of hydroxylamine groups is 2. The van der Waals surface area contributed by atoms with Crippen LogP contribution in [0.1, 0.15) is 39.5 Å². The summed E-state index contributed by atoms with van der Waals surface area (Å²) in [6.07, 6.45) is 4.61. The molecule has 1 amide bonds. The van der Waals surface area contributed by atoms with Crippen LogP contribution in [0.5, 0.6) is 0 Å². The quantitative estimate of drug-likeness (QED) is 0.621. The standard InChI is InChI=1S/C13H17NO2/c1-10(2)8-3-4-11-5-9(15)14-12(11,7-16-14)6-13(8,10)11/h8H,3-7H2,1-2H3/t8?,11-,12?,13?/m0/s1. The highest BCUT2D eigenvalue weighted by Gasteiger charge is 2.97. The van der Waals surface area contributed by atoms with Crippen LogP contribution in [0.4, 0.5) is 0 Å². The van der Waals surface area contributed by atoms with Gasteiger partial charge in [-0.2, -0.15) is 0 Å². The van der Waals surface area contributed by atoms with E-state index in [4.69, 9.17) is 4.84 Å². The Hall–Kier alpha value is -0.570. The monoisotopic (exact) mass is 219 g/mol. The van der Waals surface area contributed by atoms with Crippen LogP contribution >= 0.6 is 0 Å². The first-order chi connectivity index (χ1) is 7.52. The van der Waals surface area contributed by atoms with Crippen molar-refractivity contribution in [1.82, 2.24) is 5.06 Å². The highest BCUT2D eigenvalue weighted by atomic mass is 16.7. The molecule has 16 heavy (non-hydrogen) atoms. The molecule has 0 bridgehead atoms. The van der Waals surface area contributed by atoms with Crippen LogP contribution in [-0.2, 0) is 9.63 Å². The van der Waals surface area contributed by atoms with E-state index in [0.717, 1.165) is 18.9 Å². The average molecular weight is 219 g/mol. The lowest BCUT2D eigenvalue weighted by Gasteiger charge is -2.67. The van der Waals surface area contributed by atoms with Gasteiger partial charge in [0.25, 0.3) is 0 Å². The number of amides is 1. The maximum Gasteiger partial charge on any atom is 0.247 e. The second-order valence-electron chi connectivity index (χ2n) is 7.21. The van der Waals surface area contributed by atoms with Crippen molar-refractivity contribution in [2.24, 2.45) is 22.2 Å². The highest BCUT2D eigenvalue weighted by Crippen LogP contribution is 2.96. The van der Waals surface area contributed by atoms with Crippen LogP contribution in [-0.4, -0.2) is 23.1 Å². The molecule has 0 aromatic rings. The molecule has 4 atom stereocenters. The summed E-state index contributed by atoms with van der Waals surface area (Å²) in [7, 11) is 0. The second-order valence-corrected chi connectivity index (χ2v) is 7.21. The smallest absolute Gasteiger partial charge is 0.247 e. The fourth-order valence-electron chi connectivity index (χ4n) is 6.62. The van der Waals surface area contributed by atoms with Gasteiger partial charge in [-0.15, -0.1) is 0 Å². The summed E-state index contributed by atoms with van der Waals surface area (Å²) >= 11 is 0. The van der Waals surface area contributed by atoms with E-state index < -0.39 is 0 Å². The minimum absolute atomic E-state index is 0.145. The van der Waals surface area contributed by atoms with Crippen LogP contribution < -0.4 is 0 Å². The summed E-state index contributed by atoms with van der Waals surface area (Å²) in [5.41, 5.74) is 1.45. The van der Waals surface area contributed by atoms with Gasteiger partial charge >= 0.3 is 0 Å². The normalized spacial score (nSPS) is 62.8. The van der Waals surface area contributed by atoms with Crippen LogP contribution in [0.3, 0.4) is 0 Å². The van der Waals surface area contributed by atoms with Crippen molar-refractivity contribution in [1.29, 1.82) is 0 Å². The predicted octanol–water partition coefficient (Wildman–Crippen LogP) is 1.73. The topological polar surface area (TPSA) is 29.5 Å². The zero-order valence-corrected chi connectivity index (χ0v) is 9.88. The Balaban J connectivity index is 1.72. The van der Waals surface area contributed by atoms with Gasteiger partial charge in [0.2, 0.25) is 5.91 Å². The summed E-state index contributed by atoms with van der Waals surface area (Å²) in [5.74, 6) is 1.14. The van der Waals surface area contributed by atoms with Gasteiger partial charge in [-0.3, -0.25) is 9.63 Å². The molecule has 0 N–H and O–H groups in total. The molecule has 2 saturated heterocycles. The molecule has 3 aliphatic carbocycles. The van der Waals surface area contributed by atoms with E-state index in [2.05, 4.69) is 13.8 Å². The minimum atomic E-state index is 0.145. The molecule has 5 rings (SSSR count). The maximum atomic E-state index is 12.0. The number of hydrogen-bond donors (Lipinski definition) is 0. The third-order valence-corrected chi connectivity index (χ3v) is 7.21. The van der Waals surface area contributed by atoms with E-state index in [1.807, 2.05) is 0 Å². The molecular formula is C13H17NO2. The zero-order chi connectivity index (χ0) is 11.0. The number of carbonyl (C=O) groups excluding carboxylic acids is 1. The van der Waals surface area contributed by atoms with Crippen molar-refractivity contribution in [3.05, 3.63) is 0 Å². The molecule has 3 unspecified atom stereocenters. The molecule has 86 valence electrons. The van der Waals surface area contributed by atoms with E-state index in [0.29, 0.717) is 16.2 Å². The Kier molecular flexibility index (Phi) is 0.937. The Labute approximate surface area is 95.1 Å². The van der Waals surface area contributed by atoms with E-state index in [9.17, 15) is 4.79 Å². The molecule has 5 fully saturated rings. The second kappa shape index (κ2) is 1.76. The van der Waals surface area contributed by atoms with Crippen LogP contribution in [0, 0.1) is 22.2 Å². The molecule has 0 radical (unpaired) electrons. The zero-order valence-electron chi connectivity index (χ0n) is 9.88. The van der Waals surface area contributed by atoms with Crippen molar-refractivity contribution in [3.8, 4) is 0 Å². The van der Waals surface area contributed by atoms with Crippen LogP contribution in [0.15, 0.2) is 0 Å². The Morgan fingerprint density at radius 1 is 1.44 bits per heavy atom. The largest absolute Gasteiger partial charge is 0.273 e. The van der Waals surface area contributed by atoms with Crippen molar-refractivity contribution in [2.75, 3.05) is 6.61 Å². The van der Waals surface area contributed by atoms with Crippen molar-refractivity contribution in [3.63, 3.8) is 0 Å². The predicted molar refractivity (Wildman–Crippen MR) is 56.1 cm³/mol. The van der Waals surface area contributed by atoms with Gasteiger partial charge < -0.3 is 0 Å². The number of rotatable bonds is 0. The third kappa shape index (κ3) is 0.430. The van der Waals surface area contributed by atoms with E-state index in [1.54, 1.807) is 5.06 Å². The fourth-order valence-corrected chi connectivity index (χ4v) is 6.62. The van der Waals surface area contributed by atoms with Gasteiger partial charge in [0.15, 0.2) is 0 Å². The van der Waals surface area contributed by atoms with E-state index >= 15 is 0 Å². The molecule has 5 aliphatic rings. The Morgan fingerprint density at radius 2 is 2.25 bits per heavy atom. The fraction of sp³-hybridized carbons (Fsp3) is 0.923. The molecule has 2 aliphatic heterocycles. The Bertz CT molecular complexity index is 459. The molecule has 3 heteroatoms. The number of hydrogen-bond acceptors (Lipinski definition) is 2. The van der Waals surface area contributed by atoms with Gasteiger partial charge in [0.1, 0.15) is 12.1 Å². The van der Waals surface area contributed by atoms with Crippen LogP contribution in [0.25, 0.3) is 0 Å². The first kappa shape index (κ1) is 8.51. The summed E-state index contributed by atoms with van der Waals surface area (Å²) < 4.78 is 0. The molecule has 0 aromatic carbocycles. The summed E-state index contributed by atoms with van der Waals surface area (Å²) in [6.45, 7) is 5.64. The third-order valence-electron chi connectivity index (χ3n) is 7.21. The van der Waals surface area contributed by atoms with Gasteiger partial charge in [-0.05, 0) is 36.0 Å². The lowest BCUT2D eigenvalue weighted by atomic mass is 9.44. The van der Waals surface area contributed by atoms with Gasteiger partial charge in [-0.25, -0.2) is 5.06 Å². The van der Waals surface area contributed by atoms with E-state index in [-0.39, 0.29) is 11.4 Å². The molecule has 3 saturated carbocycles. The molecule has 3 spiro atoms. The molecule has 0 aromatic heterocycles. The van der Waals surface area contributed by atoms with Gasteiger partial charge in [0.05, 0.1) is 0 Å². The van der Waals surface area contributed by atoms with Gasteiger partial charge in [-0.1, -0.05) is 13.8 Å². The van der Waals surface area contributed by atoms with Gasteiger partial charge in [0, 0.05) is 11.8 Å². The SMILES string of the molecule is CC1(C)C2CC[C@]34CC(=O)N5OCC53CC214. The number of nitrogens with zero attached hydrogens (tertiary/aromatic N) is 1. The van der Waals surface area contributed by atoms with E-state index in [1.165, 1.54) is 19.3 Å². The lowest BCUT2D eigenvalue weighted by molar-refractivity contribution is -0.375. The summed E-state index contributed by atoms with van der Waals surface area (Å²) in [5, 5.41) is 1.75. The summed E-state index contributed by atoms with van der Waals surface area (Å²) in [6, 6.07) is 0. The first-order valence-electron chi connectivity index (χ1n) is 6.48. The number of carbonyl (C=O) groups is 1. The lowest BCUT2D eigenvalue weighted by Crippen LogP contribution is -2.76. The average Bonchev–Trinajstić information content (AvgIpc) is 2.46. The Morgan fingerprint density at radius 3 is 2.88 bits per heavy atom. The summed E-state index contributed by atoms with van der Waals surface area (Å²) in [4.78, 5) is 17.4. The van der Waals surface area contributed by atoms with Crippen molar-refractivity contribution < 1.29 is 9.63 Å². The first-order valence-corrected chi connectivity index (χ1v) is 6.48. The van der Waals surface area contributed by atoms with Crippen molar-refractivity contribution >= 4 is 5.91 Å². The highest BCUT2D eigenvalue weighted by molar-refractivity contribution is 5.83. The molecule has 3 nitrogen and oxygen atoms in total. The molecule has 2 heterocycles. The van der Waals surface area contributed by atoms with Crippen molar-refractivity contribution in [2.45, 2.75) is 45.1 Å².